The maximum Gasteiger partial charge on any atom is 0.335 e. The molecule has 24 heavy (non-hydrogen) atoms. The van der Waals surface area contributed by atoms with E-state index in [1.54, 1.807) is 0 Å². The molecule has 0 spiro atoms. The van der Waals surface area contributed by atoms with Gasteiger partial charge in [-0.2, -0.15) is 0 Å². The highest BCUT2D eigenvalue weighted by Gasteiger charge is 2.29. The molecule has 0 radical (unpaired) electrons. The van der Waals surface area contributed by atoms with Gasteiger partial charge in [0.05, 0.1) is 0 Å². The Balaban J connectivity index is -0.000000285. The fourth-order valence-corrected chi connectivity index (χ4v) is 0.413. The van der Waals surface area contributed by atoms with E-state index in [4.69, 9.17) is 40.9 Å². The van der Waals surface area contributed by atoms with Gasteiger partial charge in [-0.05, 0) is 6.92 Å². The molecule has 0 aromatic heterocycles. The Morgan fingerprint density at radius 1 is 0.625 bits per heavy atom. The van der Waals surface area contributed by atoms with Crippen LogP contribution in [0.4, 0.5) is 0 Å². The summed E-state index contributed by atoms with van der Waals surface area (Å²) in [6, 6.07) is 0. The maximum atomic E-state index is 9.77. The first-order valence-electron chi connectivity index (χ1n) is 5.60. The highest BCUT2D eigenvalue weighted by molar-refractivity contribution is 5.89. The summed E-state index contributed by atoms with van der Waals surface area (Å²) in [5.41, 5.74) is 0. The molecular formula is C11H16O13. The van der Waals surface area contributed by atoms with Crippen LogP contribution in [-0.2, 0) is 24.0 Å². The molecule has 0 amide bonds. The van der Waals surface area contributed by atoms with E-state index in [-0.39, 0.29) is 0 Å². The Morgan fingerprint density at radius 2 is 0.833 bits per heavy atom. The third-order valence-electron chi connectivity index (χ3n) is 1.53. The number of carboxylic acid groups (broad SMARTS) is 5. The van der Waals surface area contributed by atoms with Crippen molar-refractivity contribution in [2.75, 3.05) is 0 Å². The lowest BCUT2D eigenvalue weighted by molar-refractivity contribution is -0.165. The summed E-state index contributed by atoms with van der Waals surface area (Å²) >= 11 is 0. The number of hydrogen-bond acceptors (Lipinski definition) is 8. The molecule has 0 saturated heterocycles. The van der Waals surface area contributed by atoms with Gasteiger partial charge in [0, 0.05) is 12.2 Å². The fourth-order valence-electron chi connectivity index (χ4n) is 0.413. The molecule has 0 fully saturated rings. The average Bonchev–Trinajstić information content (AvgIpc) is 2.44. The smallest absolute Gasteiger partial charge is 0.335 e. The number of aliphatic carboxylic acids is 5. The van der Waals surface area contributed by atoms with Crippen LogP contribution >= 0.6 is 0 Å². The van der Waals surface area contributed by atoms with Gasteiger partial charge >= 0.3 is 29.8 Å². The van der Waals surface area contributed by atoms with Crippen LogP contribution in [0.2, 0.25) is 0 Å². The highest BCUT2D eigenvalue weighted by atomic mass is 16.4. The molecule has 0 aliphatic rings. The Kier molecular flexibility index (Phi) is 14.7. The Bertz CT molecular complexity index is 444. The van der Waals surface area contributed by atoms with E-state index in [1.807, 2.05) is 0 Å². The van der Waals surface area contributed by atoms with E-state index in [9.17, 15) is 24.0 Å². The van der Waals surface area contributed by atoms with Crippen molar-refractivity contribution in [1.29, 1.82) is 0 Å². The first-order chi connectivity index (χ1) is 10.7. The molecule has 13 nitrogen and oxygen atoms in total. The number of aliphatic hydroxyl groups is 3. The molecule has 0 aliphatic carbocycles. The lowest BCUT2D eigenvalue weighted by Gasteiger charge is -2.07. The van der Waals surface area contributed by atoms with Crippen LogP contribution in [0.25, 0.3) is 0 Å². The van der Waals surface area contributed by atoms with Gasteiger partial charge in [0.1, 0.15) is 6.10 Å². The monoisotopic (exact) mass is 356 g/mol. The Labute approximate surface area is 133 Å². The molecule has 0 heterocycles. The van der Waals surface area contributed by atoms with Crippen LogP contribution in [-0.4, -0.2) is 89.0 Å². The minimum atomic E-state index is -2.27. The number of carbonyl (C=O) groups is 5. The third-order valence-corrected chi connectivity index (χ3v) is 1.53. The molecule has 0 bridgehead atoms. The zero-order chi connectivity index (χ0) is 20.0. The zero-order valence-electron chi connectivity index (χ0n) is 12.0. The normalized spacial score (nSPS) is 13.2. The quantitative estimate of drug-likeness (QED) is 0.222. The Morgan fingerprint density at radius 3 is 0.917 bits per heavy atom. The summed E-state index contributed by atoms with van der Waals surface area (Å²) in [5.74, 6) is -7.24. The van der Waals surface area contributed by atoms with Crippen molar-refractivity contribution in [3.63, 3.8) is 0 Å². The second-order valence-corrected chi connectivity index (χ2v) is 3.59. The topological polar surface area (TPSA) is 247 Å². The summed E-state index contributed by atoms with van der Waals surface area (Å²) in [7, 11) is 0. The van der Waals surface area contributed by atoms with Crippen LogP contribution in [0.1, 0.15) is 6.92 Å². The van der Waals surface area contributed by atoms with Gasteiger partial charge in [-0.1, -0.05) is 0 Å². The minimum absolute atomic E-state index is 0.558. The molecule has 3 unspecified atom stereocenters. The van der Waals surface area contributed by atoms with Crippen molar-refractivity contribution in [1.82, 2.24) is 0 Å². The first-order valence-corrected chi connectivity index (χ1v) is 5.60. The van der Waals surface area contributed by atoms with Crippen molar-refractivity contribution in [3.05, 3.63) is 12.2 Å². The predicted octanol–water partition coefficient (Wildman–Crippen LogP) is -2.96. The second-order valence-electron chi connectivity index (χ2n) is 3.59. The van der Waals surface area contributed by atoms with Crippen LogP contribution in [0.5, 0.6) is 0 Å². The summed E-state index contributed by atoms with van der Waals surface area (Å²) < 4.78 is 0. The lowest BCUT2D eigenvalue weighted by atomic mass is 10.2. The van der Waals surface area contributed by atoms with Gasteiger partial charge in [-0.15, -0.1) is 0 Å². The summed E-state index contributed by atoms with van der Waals surface area (Å²) in [6.07, 6.45) is -4.65. The van der Waals surface area contributed by atoms with Crippen molar-refractivity contribution in [2.24, 2.45) is 0 Å². The second kappa shape index (κ2) is 13.6. The highest BCUT2D eigenvalue weighted by Crippen LogP contribution is 1.92. The minimum Gasteiger partial charge on any atom is -0.479 e. The fraction of sp³-hybridized carbons (Fsp3) is 0.364. The van der Waals surface area contributed by atoms with Gasteiger partial charge < -0.3 is 40.9 Å². The molecule has 0 saturated carbocycles. The molecule has 0 aliphatic heterocycles. The third kappa shape index (κ3) is 19.0. The summed E-state index contributed by atoms with van der Waals surface area (Å²) in [6.45, 7) is 1.20. The average molecular weight is 356 g/mol. The zero-order valence-corrected chi connectivity index (χ0v) is 12.0. The summed E-state index contributed by atoms with van der Waals surface area (Å²) in [4.78, 5) is 48.1. The van der Waals surface area contributed by atoms with Crippen molar-refractivity contribution >= 4 is 29.8 Å². The van der Waals surface area contributed by atoms with Crippen LogP contribution in [0.3, 0.4) is 0 Å². The molecule has 0 rings (SSSR count). The van der Waals surface area contributed by atoms with Gasteiger partial charge in [0.25, 0.3) is 0 Å². The molecule has 138 valence electrons. The largest absolute Gasteiger partial charge is 0.479 e. The predicted molar refractivity (Wildman–Crippen MR) is 71.0 cm³/mol. The molecule has 3 atom stereocenters. The SMILES string of the molecule is CC(O)C(=O)O.O=C(O)C(O)C(O)C(=O)O.O=C(O)C=CC(=O)O. The maximum absolute atomic E-state index is 9.77. The Hall–Kier alpha value is -3.03. The molecule has 8 N–H and O–H groups in total. The van der Waals surface area contributed by atoms with Gasteiger partial charge in [-0.25, -0.2) is 24.0 Å². The molecule has 0 aromatic rings. The molecular weight excluding hydrogens is 340 g/mol. The standard InChI is InChI=1S/C4H6O6.C4H4O4.C3H6O3/c5-1(3(7)8)2(6)4(9)10;5-3(6)1-2-4(7)8;1-2(4)3(5)6/h1-2,5-6H,(H,7,8)(H,9,10);1-2H,(H,5,6)(H,7,8);2,4H,1H3,(H,5,6). The lowest BCUT2D eigenvalue weighted by Crippen LogP contribution is -2.39. The van der Waals surface area contributed by atoms with Gasteiger partial charge in [0.2, 0.25) is 0 Å². The van der Waals surface area contributed by atoms with Crippen molar-refractivity contribution in [3.8, 4) is 0 Å². The summed E-state index contributed by atoms with van der Waals surface area (Å²) in [5, 5.41) is 63.9. The van der Waals surface area contributed by atoms with E-state index in [1.165, 1.54) is 6.92 Å². The first kappa shape index (κ1) is 25.9. The number of rotatable bonds is 6. The van der Waals surface area contributed by atoms with E-state index in [0.717, 1.165) is 0 Å². The van der Waals surface area contributed by atoms with Gasteiger partial charge in [-0.3, -0.25) is 0 Å². The van der Waals surface area contributed by atoms with Crippen LogP contribution < -0.4 is 0 Å². The molecule has 13 heteroatoms. The van der Waals surface area contributed by atoms with E-state index in [0.29, 0.717) is 12.2 Å². The van der Waals surface area contributed by atoms with Gasteiger partial charge in [0.15, 0.2) is 12.2 Å². The van der Waals surface area contributed by atoms with Crippen molar-refractivity contribution < 1.29 is 64.8 Å². The number of aliphatic hydroxyl groups excluding tert-OH is 3. The van der Waals surface area contributed by atoms with Crippen LogP contribution in [0, 0.1) is 0 Å². The van der Waals surface area contributed by atoms with E-state index >= 15 is 0 Å². The van der Waals surface area contributed by atoms with Crippen LogP contribution in [0.15, 0.2) is 12.2 Å². The van der Waals surface area contributed by atoms with Crippen molar-refractivity contribution in [2.45, 2.75) is 25.2 Å². The number of hydrogen-bond donors (Lipinski definition) is 8. The number of carboxylic acids is 5. The molecule has 0 aromatic carbocycles. The van der Waals surface area contributed by atoms with E-state index in [2.05, 4.69) is 0 Å². The van der Waals surface area contributed by atoms with E-state index < -0.39 is 48.2 Å².